The van der Waals surface area contributed by atoms with E-state index in [0.717, 1.165) is 17.7 Å². The van der Waals surface area contributed by atoms with Crippen molar-refractivity contribution >= 4 is 0 Å². The molecule has 0 amide bonds. The van der Waals surface area contributed by atoms with Gasteiger partial charge in [0, 0.05) is 36.9 Å². The molecule has 21 heavy (non-hydrogen) atoms. The van der Waals surface area contributed by atoms with Crippen molar-refractivity contribution in [1.29, 1.82) is 0 Å². The summed E-state index contributed by atoms with van der Waals surface area (Å²) in [6, 6.07) is 7.41. The van der Waals surface area contributed by atoms with Gasteiger partial charge >= 0.3 is 0 Å². The summed E-state index contributed by atoms with van der Waals surface area (Å²) < 4.78 is 1.42. The van der Waals surface area contributed by atoms with E-state index in [1.54, 1.807) is 30.9 Å². The molecule has 0 aliphatic heterocycles. The standard InChI is InChI=1S/C15H15N5O/c1-16-7-11-4-5-14(18-8-11)20-15(21)13(10-19-20)12-3-2-6-17-9-12/h2-6,8-10,16,19H,7H2,1H3. The van der Waals surface area contributed by atoms with Gasteiger partial charge in [-0.3, -0.25) is 14.9 Å². The van der Waals surface area contributed by atoms with Gasteiger partial charge < -0.3 is 5.32 Å². The number of pyridine rings is 2. The van der Waals surface area contributed by atoms with Gasteiger partial charge in [-0.05, 0) is 24.7 Å². The second-order valence-corrected chi connectivity index (χ2v) is 4.62. The number of hydrogen-bond donors (Lipinski definition) is 2. The lowest BCUT2D eigenvalue weighted by Gasteiger charge is -2.02. The Balaban J connectivity index is 1.97. The predicted octanol–water partition coefficient (Wildman–Crippen LogP) is 1.34. The van der Waals surface area contributed by atoms with E-state index in [1.807, 2.05) is 25.2 Å². The maximum atomic E-state index is 12.4. The minimum atomic E-state index is -0.142. The van der Waals surface area contributed by atoms with Crippen molar-refractivity contribution in [3.8, 4) is 16.9 Å². The molecule has 0 saturated heterocycles. The molecule has 3 rings (SSSR count). The fourth-order valence-corrected chi connectivity index (χ4v) is 2.13. The molecular weight excluding hydrogens is 266 g/mol. The van der Waals surface area contributed by atoms with Gasteiger partial charge in [-0.2, -0.15) is 0 Å². The van der Waals surface area contributed by atoms with E-state index in [4.69, 9.17) is 0 Å². The Labute approximate surface area is 121 Å². The highest BCUT2D eigenvalue weighted by Gasteiger charge is 2.10. The zero-order valence-corrected chi connectivity index (χ0v) is 11.6. The van der Waals surface area contributed by atoms with Crippen LogP contribution in [0.15, 0.2) is 53.8 Å². The monoisotopic (exact) mass is 281 g/mol. The quantitative estimate of drug-likeness (QED) is 0.756. The Bertz CT molecular complexity index is 774. The van der Waals surface area contributed by atoms with E-state index in [2.05, 4.69) is 20.4 Å². The number of aromatic amines is 1. The third-order valence-electron chi connectivity index (χ3n) is 3.16. The van der Waals surface area contributed by atoms with E-state index in [1.165, 1.54) is 4.68 Å². The third kappa shape index (κ3) is 2.61. The van der Waals surface area contributed by atoms with Crippen LogP contribution >= 0.6 is 0 Å². The van der Waals surface area contributed by atoms with Crippen molar-refractivity contribution in [2.24, 2.45) is 0 Å². The van der Waals surface area contributed by atoms with E-state index >= 15 is 0 Å². The van der Waals surface area contributed by atoms with E-state index in [-0.39, 0.29) is 5.56 Å². The molecule has 0 aliphatic carbocycles. The third-order valence-corrected chi connectivity index (χ3v) is 3.16. The molecule has 0 aromatic carbocycles. The molecule has 2 N–H and O–H groups in total. The van der Waals surface area contributed by atoms with E-state index < -0.39 is 0 Å². The van der Waals surface area contributed by atoms with Crippen LogP contribution in [0.2, 0.25) is 0 Å². The maximum Gasteiger partial charge on any atom is 0.280 e. The summed E-state index contributed by atoms with van der Waals surface area (Å²) in [6.45, 7) is 0.744. The highest BCUT2D eigenvalue weighted by atomic mass is 16.1. The first kappa shape index (κ1) is 13.3. The van der Waals surface area contributed by atoms with Gasteiger partial charge in [0.1, 0.15) is 0 Å². The second kappa shape index (κ2) is 5.72. The summed E-state index contributed by atoms with van der Waals surface area (Å²) in [7, 11) is 1.88. The zero-order valence-electron chi connectivity index (χ0n) is 11.6. The number of hydrogen-bond acceptors (Lipinski definition) is 4. The van der Waals surface area contributed by atoms with Crippen LogP contribution in [0, 0.1) is 0 Å². The maximum absolute atomic E-state index is 12.4. The van der Waals surface area contributed by atoms with Gasteiger partial charge in [-0.25, -0.2) is 9.67 Å². The molecule has 6 nitrogen and oxygen atoms in total. The Hall–Kier alpha value is -2.73. The van der Waals surface area contributed by atoms with Crippen LogP contribution in [0.25, 0.3) is 16.9 Å². The molecule has 0 aliphatic rings. The summed E-state index contributed by atoms with van der Waals surface area (Å²) in [5.74, 6) is 0.565. The van der Waals surface area contributed by atoms with Crippen molar-refractivity contribution < 1.29 is 0 Å². The molecule has 6 heteroatoms. The molecule has 106 valence electrons. The summed E-state index contributed by atoms with van der Waals surface area (Å²) >= 11 is 0. The van der Waals surface area contributed by atoms with Gasteiger partial charge in [0.05, 0.1) is 5.56 Å². The number of nitrogens with zero attached hydrogens (tertiary/aromatic N) is 3. The summed E-state index contributed by atoms with van der Waals surface area (Å²) in [5.41, 5.74) is 2.28. The summed E-state index contributed by atoms with van der Waals surface area (Å²) in [5, 5.41) is 6.00. The van der Waals surface area contributed by atoms with Crippen LogP contribution in [0.1, 0.15) is 5.56 Å². The fraction of sp³-hybridized carbons (Fsp3) is 0.133. The Morgan fingerprint density at radius 3 is 2.86 bits per heavy atom. The van der Waals surface area contributed by atoms with Gasteiger partial charge in [0.25, 0.3) is 5.56 Å². The molecule has 0 fully saturated rings. The minimum Gasteiger partial charge on any atom is -0.316 e. The number of rotatable bonds is 4. The molecule has 0 bridgehead atoms. The van der Waals surface area contributed by atoms with Gasteiger partial charge in [0.15, 0.2) is 5.82 Å². The second-order valence-electron chi connectivity index (χ2n) is 4.62. The summed E-state index contributed by atoms with van der Waals surface area (Å²) in [4.78, 5) is 20.8. The lowest BCUT2D eigenvalue weighted by atomic mass is 10.2. The number of nitrogens with one attached hydrogen (secondary N) is 2. The predicted molar refractivity (Wildman–Crippen MR) is 80.2 cm³/mol. The van der Waals surface area contributed by atoms with Crippen molar-refractivity contribution in [1.82, 2.24) is 25.1 Å². The smallest absolute Gasteiger partial charge is 0.280 e. The molecule has 0 radical (unpaired) electrons. The Morgan fingerprint density at radius 2 is 2.19 bits per heavy atom. The van der Waals surface area contributed by atoms with Crippen molar-refractivity contribution in [2.75, 3.05) is 7.05 Å². The molecule has 3 aromatic heterocycles. The van der Waals surface area contributed by atoms with E-state index in [0.29, 0.717) is 11.4 Å². The zero-order chi connectivity index (χ0) is 14.7. The number of H-pyrrole nitrogens is 1. The SMILES string of the molecule is CNCc1ccc(-n2[nH]cc(-c3cccnc3)c2=O)nc1. The van der Waals surface area contributed by atoms with Crippen molar-refractivity contribution in [3.05, 3.63) is 65.0 Å². The number of aromatic nitrogens is 4. The topological polar surface area (TPSA) is 75.6 Å². The van der Waals surface area contributed by atoms with Crippen LogP contribution < -0.4 is 10.9 Å². The van der Waals surface area contributed by atoms with Crippen LogP contribution in [0.5, 0.6) is 0 Å². The molecule has 3 heterocycles. The van der Waals surface area contributed by atoms with Crippen LogP contribution in [-0.2, 0) is 6.54 Å². The molecule has 0 unspecified atom stereocenters. The van der Waals surface area contributed by atoms with Crippen molar-refractivity contribution in [2.45, 2.75) is 6.54 Å². The highest BCUT2D eigenvalue weighted by Crippen LogP contribution is 2.13. The molecule has 3 aromatic rings. The Kier molecular flexibility index (Phi) is 3.61. The highest BCUT2D eigenvalue weighted by molar-refractivity contribution is 5.60. The normalized spacial score (nSPS) is 10.7. The molecule has 0 spiro atoms. The Morgan fingerprint density at radius 1 is 1.29 bits per heavy atom. The van der Waals surface area contributed by atoms with Gasteiger partial charge in [0.2, 0.25) is 0 Å². The van der Waals surface area contributed by atoms with Crippen LogP contribution in [0.4, 0.5) is 0 Å². The molecule has 0 saturated carbocycles. The first-order valence-electron chi connectivity index (χ1n) is 6.60. The first-order chi connectivity index (χ1) is 10.3. The lowest BCUT2D eigenvalue weighted by Crippen LogP contribution is -2.17. The van der Waals surface area contributed by atoms with Gasteiger partial charge in [-0.1, -0.05) is 12.1 Å². The molecular formula is C15H15N5O. The van der Waals surface area contributed by atoms with Crippen LogP contribution in [-0.4, -0.2) is 26.8 Å². The van der Waals surface area contributed by atoms with E-state index in [9.17, 15) is 4.79 Å². The lowest BCUT2D eigenvalue weighted by molar-refractivity contribution is 0.793. The molecule has 0 atom stereocenters. The van der Waals surface area contributed by atoms with Crippen molar-refractivity contribution in [3.63, 3.8) is 0 Å². The summed E-state index contributed by atoms with van der Waals surface area (Å²) in [6.07, 6.45) is 6.76. The average Bonchev–Trinajstić information content (AvgIpc) is 2.91. The largest absolute Gasteiger partial charge is 0.316 e. The van der Waals surface area contributed by atoms with Crippen LogP contribution in [0.3, 0.4) is 0 Å². The van der Waals surface area contributed by atoms with Gasteiger partial charge in [-0.15, -0.1) is 0 Å². The fourth-order valence-electron chi connectivity index (χ4n) is 2.13. The minimum absolute atomic E-state index is 0.142. The first-order valence-corrected chi connectivity index (χ1v) is 6.60. The average molecular weight is 281 g/mol.